The molecule has 136 valence electrons. The first kappa shape index (κ1) is 16.9. The fraction of sp³-hybridized carbons (Fsp3) is 0.312. The van der Waals surface area contributed by atoms with Crippen LogP contribution < -0.4 is 15.3 Å². The van der Waals surface area contributed by atoms with Gasteiger partial charge < -0.3 is 4.90 Å². The van der Waals surface area contributed by atoms with Gasteiger partial charge in [-0.15, -0.1) is 0 Å². The predicted octanol–water partition coefficient (Wildman–Crippen LogP) is 3.66. The van der Waals surface area contributed by atoms with Crippen molar-refractivity contribution in [2.75, 3.05) is 23.5 Å². The van der Waals surface area contributed by atoms with Crippen molar-refractivity contribution in [1.29, 1.82) is 0 Å². The van der Waals surface area contributed by atoms with E-state index in [1.807, 2.05) is 24.3 Å². The summed E-state index contributed by atoms with van der Waals surface area (Å²) in [5.74, 6) is -2.16. The molecule has 0 amide bonds. The molecule has 0 radical (unpaired) electrons. The minimum atomic E-state index is -2.63. The van der Waals surface area contributed by atoms with Gasteiger partial charge in [0.2, 0.25) is 5.13 Å². The van der Waals surface area contributed by atoms with Crippen LogP contribution in [0.5, 0.6) is 5.88 Å². The quantitative estimate of drug-likeness (QED) is 0.536. The molecule has 0 aliphatic carbocycles. The van der Waals surface area contributed by atoms with Crippen molar-refractivity contribution in [2.45, 2.75) is 18.8 Å². The first-order valence-electron chi connectivity index (χ1n) is 8.00. The second-order valence-electron chi connectivity index (χ2n) is 5.78. The average molecular weight is 379 g/mol. The molecule has 2 aromatic heterocycles. The van der Waals surface area contributed by atoms with Crippen LogP contribution in [0.1, 0.15) is 12.8 Å². The fourth-order valence-corrected chi connectivity index (χ4v) is 3.44. The standard InChI is InChI=1S/C16H15F2N5O2S/c17-16(18)5-9-23(10-6-16)13-14(20-8-7-19-13)24-25-22-15-21-11-3-1-2-4-12(11)26-15/h1-4,7-8H,5-6,9-10H2,(H,21,22). The largest absolute Gasteiger partial charge is 0.352 e. The number of rotatable bonds is 5. The van der Waals surface area contributed by atoms with Crippen molar-refractivity contribution in [3.63, 3.8) is 0 Å². The van der Waals surface area contributed by atoms with Gasteiger partial charge in [-0.1, -0.05) is 28.5 Å². The van der Waals surface area contributed by atoms with Gasteiger partial charge in [0.05, 0.1) is 10.2 Å². The molecular formula is C16H15F2N5O2S. The van der Waals surface area contributed by atoms with Gasteiger partial charge in [0, 0.05) is 38.3 Å². The molecule has 0 saturated carbocycles. The van der Waals surface area contributed by atoms with E-state index in [9.17, 15) is 8.78 Å². The lowest BCUT2D eigenvalue weighted by molar-refractivity contribution is -0.182. The number of halogens is 2. The molecular weight excluding hydrogens is 364 g/mol. The van der Waals surface area contributed by atoms with Gasteiger partial charge in [0.1, 0.15) is 0 Å². The lowest BCUT2D eigenvalue weighted by Crippen LogP contribution is -2.40. The molecule has 1 N–H and O–H groups in total. The zero-order valence-corrected chi connectivity index (χ0v) is 14.4. The summed E-state index contributed by atoms with van der Waals surface area (Å²) in [6, 6.07) is 7.67. The molecule has 26 heavy (non-hydrogen) atoms. The van der Waals surface area contributed by atoms with E-state index in [1.54, 1.807) is 4.90 Å². The van der Waals surface area contributed by atoms with Crippen LogP contribution >= 0.6 is 11.3 Å². The van der Waals surface area contributed by atoms with E-state index in [4.69, 9.17) is 9.88 Å². The summed E-state index contributed by atoms with van der Waals surface area (Å²) in [6.45, 7) is 0.348. The van der Waals surface area contributed by atoms with E-state index in [-0.39, 0.29) is 31.8 Å². The van der Waals surface area contributed by atoms with Crippen molar-refractivity contribution in [3.8, 4) is 5.88 Å². The van der Waals surface area contributed by atoms with Crippen molar-refractivity contribution in [2.24, 2.45) is 0 Å². The van der Waals surface area contributed by atoms with Crippen LogP contribution in [-0.4, -0.2) is 34.0 Å². The molecule has 1 aromatic carbocycles. The van der Waals surface area contributed by atoms with Gasteiger partial charge in [-0.2, -0.15) is 5.48 Å². The Balaban J connectivity index is 1.40. The smallest absolute Gasteiger partial charge is 0.301 e. The molecule has 0 atom stereocenters. The Labute approximate surface area is 151 Å². The van der Waals surface area contributed by atoms with Gasteiger partial charge in [0.25, 0.3) is 5.92 Å². The number of alkyl halides is 2. The third-order valence-electron chi connectivity index (χ3n) is 3.98. The summed E-state index contributed by atoms with van der Waals surface area (Å²) in [5.41, 5.74) is 3.45. The van der Waals surface area contributed by atoms with E-state index in [0.717, 1.165) is 10.2 Å². The second kappa shape index (κ2) is 6.96. The third kappa shape index (κ3) is 3.65. The number of fused-ring (bicyclic) bond motifs is 1. The molecule has 0 spiro atoms. The number of para-hydroxylation sites is 1. The number of anilines is 2. The van der Waals surface area contributed by atoms with E-state index >= 15 is 0 Å². The molecule has 10 heteroatoms. The predicted molar refractivity (Wildman–Crippen MR) is 93.4 cm³/mol. The summed E-state index contributed by atoms with van der Waals surface area (Å²) in [7, 11) is 0. The highest BCUT2D eigenvalue weighted by Gasteiger charge is 2.35. The van der Waals surface area contributed by atoms with Gasteiger partial charge in [-0.05, 0) is 12.1 Å². The molecule has 7 nitrogen and oxygen atoms in total. The minimum absolute atomic E-state index is 0.103. The van der Waals surface area contributed by atoms with Crippen molar-refractivity contribution in [1.82, 2.24) is 15.0 Å². The normalized spacial score (nSPS) is 16.6. The number of nitrogens with zero attached hydrogens (tertiary/aromatic N) is 4. The van der Waals surface area contributed by atoms with Crippen LogP contribution in [0, 0.1) is 0 Å². The Morgan fingerprint density at radius 3 is 2.69 bits per heavy atom. The van der Waals surface area contributed by atoms with Crippen LogP contribution in [0.15, 0.2) is 36.7 Å². The molecule has 3 heterocycles. The average Bonchev–Trinajstić information content (AvgIpc) is 3.05. The van der Waals surface area contributed by atoms with Crippen molar-refractivity contribution >= 4 is 32.5 Å². The maximum atomic E-state index is 13.3. The Morgan fingerprint density at radius 1 is 1.12 bits per heavy atom. The molecule has 4 rings (SSSR count). The molecule has 1 aliphatic heterocycles. The first-order chi connectivity index (χ1) is 12.6. The van der Waals surface area contributed by atoms with Crippen LogP contribution in [-0.2, 0) is 4.99 Å². The highest BCUT2D eigenvalue weighted by molar-refractivity contribution is 7.22. The molecule has 0 unspecified atom stereocenters. The van der Waals surface area contributed by atoms with E-state index in [1.165, 1.54) is 23.7 Å². The van der Waals surface area contributed by atoms with Gasteiger partial charge in [-0.3, -0.25) is 4.89 Å². The number of hydrogen-bond donors (Lipinski definition) is 1. The topological polar surface area (TPSA) is 72.4 Å². The van der Waals surface area contributed by atoms with Crippen molar-refractivity contribution in [3.05, 3.63) is 36.7 Å². The van der Waals surface area contributed by atoms with Crippen LogP contribution in [0.4, 0.5) is 19.7 Å². The Hall–Kier alpha value is -2.59. The molecule has 1 aliphatic rings. The van der Waals surface area contributed by atoms with Crippen LogP contribution in [0.2, 0.25) is 0 Å². The zero-order chi connectivity index (χ0) is 18.0. The molecule has 1 saturated heterocycles. The number of nitrogens with one attached hydrogen (secondary N) is 1. The summed E-state index contributed by atoms with van der Waals surface area (Å²) in [5, 5.41) is 0.522. The number of benzene rings is 1. The van der Waals surface area contributed by atoms with Gasteiger partial charge in [0.15, 0.2) is 5.82 Å². The zero-order valence-electron chi connectivity index (χ0n) is 13.6. The lowest BCUT2D eigenvalue weighted by Gasteiger charge is -2.32. The second-order valence-corrected chi connectivity index (χ2v) is 6.81. The van der Waals surface area contributed by atoms with E-state index in [0.29, 0.717) is 10.9 Å². The highest BCUT2D eigenvalue weighted by Crippen LogP contribution is 2.32. The van der Waals surface area contributed by atoms with Gasteiger partial charge >= 0.3 is 5.88 Å². The Kier molecular flexibility index (Phi) is 4.51. The fourth-order valence-electron chi connectivity index (χ4n) is 2.65. The first-order valence-corrected chi connectivity index (χ1v) is 8.81. The summed E-state index contributed by atoms with van der Waals surface area (Å²) in [4.78, 5) is 24.5. The third-order valence-corrected chi connectivity index (χ3v) is 4.92. The lowest BCUT2D eigenvalue weighted by atomic mass is 10.1. The number of thiazole rings is 1. The SMILES string of the molecule is FC1(F)CCN(c2nccnc2OONc2nc3ccccc3s2)CC1. The maximum absolute atomic E-state index is 13.3. The van der Waals surface area contributed by atoms with Crippen LogP contribution in [0.3, 0.4) is 0 Å². The number of piperidine rings is 1. The molecule has 1 fully saturated rings. The Bertz CT molecular complexity index is 864. The highest BCUT2D eigenvalue weighted by atomic mass is 32.1. The monoisotopic (exact) mass is 379 g/mol. The Morgan fingerprint density at radius 2 is 1.88 bits per heavy atom. The van der Waals surface area contributed by atoms with E-state index < -0.39 is 5.92 Å². The molecule has 3 aromatic rings. The van der Waals surface area contributed by atoms with E-state index in [2.05, 4.69) is 20.4 Å². The van der Waals surface area contributed by atoms with Crippen LogP contribution in [0.25, 0.3) is 10.2 Å². The number of hydrogen-bond acceptors (Lipinski definition) is 8. The summed E-state index contributed by atoms with van der Waals surface area (Å²) in [6.07, 6.45) is 2.47. The number of aromatic nitrogens is 3. The molecule has 0 bridgehead atoms. The van der Waals surface area contributed by atoms with Gasteiger partial charge in [-0.25, -0.2) is 23.7 Å². The summed E-state index contributed by atoms with van der Waals surface area (Å²) < 4.78 is 27.7. The summed E-state index contributed by atoms with van der Waals surface area (Å²) >= 11 is 1.41. The maximum Gasteiger partial charge on any atom is 0.301 e. The minimum Gasteiger partial charge on any atom is -0.352 e. The van der Waals surface area contributed by atoms with Crippen molar-refractivity contribution < 1.29 is 18.7 Å².